The molecular weight excluding hydrogens is 169 g/mol. The second kappa shape index (κ2) is 2.84. The summed E-state index contributed by atoms with van der Waals surface area (Å²) in [6, 6.07) is 0. The summed E-state index contributed by atoms with van der Waals surface area (Å²) < 4.78 is 36.3. The predicted octanol–water partition coefficient (Wildman–Crippen LogP) is 3.10. The lowest BCUT2D eigenvalue weighted by Crippen LogP contribution is -2.15. The molecule has 0 aromatic heterocycles. The van der Waals surface area contributed by atoms with Crippen LogP contribution in [0.15, 0.2) is 23.0 Å². The number of alkyl halides is 3. The molecule has 0 spiro atoms. The fourth-order valence-electron chi connectivity index (χ4n) is 1.10. The van der Waals surface area contributed by atoms with Gasteiger partial charge in [0.15, 0.2) is 0 Å². The van der Waals surface area contributed by atoms with Crippen LogP contribution in [0.25, 0.3) is 0 Å². The molecule has 4 heteroatoms. The Bertz CT molecular complexity index is 248. The summed E-state index contributed by atoms with van der Waals surface area (Å²) in [5, 5.41) is 8.94. The van der Waals surface area contributed by atoms with Crippen molar-refractivity contribution in [2.45, 2.75) is 25.9 Å². The summed E-state index contributed by atoms with van der Waals surface area (Å²) in [5.74, 6) is -0.548. The molecule has 0 aromatic rings. The highest BCUT2D eigenvalue weighted by molar-refractivity contribution is 5.33. The number of halogens is 3. The molecule has 1 aliphatic rings. The highest BCUT2D eigenvalue weighted by atomic mass is 19.4. The number of hydrogen-bond donors (Lipinski definition) is 1. The molecule has 0 atom stereocenters. The van der Waals surface area contributed by atoms with Crippen LogP contribution in [0.3, 0.4) is 0 Å². The smallest absolute Gasteiger partial charge is 0.419 e. The fourth-order valence-corrected chi connectivity index (χ4v) is 1.10. The second-order valence-electron chi connectivity index (χ2n) is 2.85. The van der Waals surface area contributed by atoms with Crippen LogP contribution in [0.1, 0.15) is 19.8 Å². The Morgan fingerprint density at radius 3 is 2.33 bits per heavy atom. The van der Waals surface area contributed by atoms with Crippen LogP contribution >= 0.6 is 0 Å². The third-order valence-corrected chi connectivity index (χ3v) is 1.76. The van der Waals surface area contributed by atoms with E-state index in [1.807, 2.05) is 0 Å². The summed E-state index contributed by atoms with van der Waals surface area (Å²) in [5.41, 5.74) is -0.244. The zero-order valence-electron chi connectivity index (χ0n) is 6.57. The van der Waals surface area contributed by atoms with E-state index in [4.69, 9.17) is 5.11 Å². The zero-order chi connectivity index (χ0) is 9.35. The van der Waals surface area contributed by atoms with Crippen LogP contribution in [-0.2, 0) is 0 Å². The highest BCUT2D eigenvalue weighted by Crippen LogP contribution is 2.34. The van der Waals surface area contributed by atoms with E-state index in [-0.39, 0.29) is 6.42 Å². The van der Waals surface area contributed by atoms with Crippen molar-refractivity contribution < 1.29 is 18.3 Å². The third-order valence-electron chi connectivity index (χ3n) is 1.76. The minimum Gasteiger partial charge on any atom is -0.512 e. The maximum atomic E-state index is 12.1. The van der Waals surface area contributed by atoms with E-state index < -0.39 is 17.5 Å². The van der Waals surface area contributed by atoms with Crippen molar-refractivity contribution in [2.24, 2.45) is 0 Å². The summed E-state index contributed by atoms with van der Waals surface area (Å²) >= 11 is 0. The molecule has 0 fully saturated rings. The van der Waals surface area contributed by atoms with Gasteiger partial charge in [0.05, 0.1) is 5.57 Å². The summed E-state index contributed by atoms with van der Waals surface area (Å²) in [6.07, 6.45) is -2.83. The molecule has 0 radical (unpaired) electrons. The maximum absolute atomic E-state index is 12.1. The van der Waals surface area contributed by atoms with Crippen LogP contribution in [0.2, 0.25) is 0 Å². The SMILES string of the molecule is CC1=CC(C(F)(F)F)=C(O)CC1. The first kappa shape index (κ1) is 9.16. The van der Waals surface area contributed by atoms with Crippen molar-refractivity contribution in [2.75, 3.05) is 0 Å². The molecular formula is C8H9F3O. The van der Waals surface area contributed by atoms with E-state index in [1.54, 1.807) is 6.92 Å². The number of aliphatic hydroxyl groups excluding tert-OH is 1. The zero-order valence-corrected chi connectivity index (χ0v) is 6.57. The molecule has 0 bridgehead atoms. The number of rotatable bonds is 0. The number of hydrogen-bond acceptors (Lipinski definition) is 1. The van der Waals surface area contributed by atoms with E-state index in [2.05, 4.69) is 0 Å². The molecule has 0 aliphatic heterocycles. The van der Waals surface area contributed by atoms with E-state index in [1.165, 1.54) is 0 Å². The molecule has 1 rings (SSSR count). The number of allylic oxidation sites excluding steroid dienone is 4. The van der Waals surface area contributed by atoms with Crippen LogP contribution in [0, 0.1) is 0 Å². The molecule has 0 saturated heterocycles. The van der Waals surface area contributed by atoms with Gasteiger partial charge in [0, 0.05) is 6.42 Å². The third kappa shape index (κ3) is 1.81. The van der Waals surface area contributed by atoms with Crippen LogP contribution in [0.4, 0.5) is 13.2 Å². The van der Waals surface area contributed by atoms with Gasteiger partial charge in [0.2, 0.25) is 0 Å². The minimum absolute atomic E-state index is 0.0944. The van der Waals surface area contributed by atoms with E-state index in [0.717, 1.165) is 6.08 Å². The fraction of sp³-hybridized carbons (Fsp3) is 0.500. The van der Waals surface area contributed by atoms with Gasteiger partial charge < -0.3 is 5.11 Å². The first-order valence-electron chi connectivity index (χ1n) is 3.58. The molecule has 68 valence electrons. The van der Waals surface area contributed by atoms with Crippen LogP contribution < -0.4 is 0 Å². The van der Waals surface area contributed by atoms with Gasteiger partial charge in [-0.1, -0.05) is 5.57 Å². The van der Waals surface area contributed by atoms with Gasteiger partial charge in [-0.15, -0.1) is 0 Å². The van der Waals surface area contributed by atoms with Gasteiger partial charge in [0.1, 0.15) is 5.76 Å². The van der Waals surface area contributed by atoms with Crippen molar-refractivity contribution in [1.29, 1.82) is 0 Å². The minimum atomic E-state index is -4.42. The molecule has 0 saturated carbocycles. The largest absolute Gasteiger partial charge is 0.512 e. The molecule has 1 aliphatic carbocycles. The van der Waals surface area contributed by atoms with Gasteiger partial charge in [-0.25, -0.2) is 0 Å². The summed E-state index contributed by atoms with van der Waals surface area (Å²) in [4.78, 5) is 0. The van der Waals surface area contributed by atoms with Gasteiger partial charge in [0.25, 0.3) is 0 Å². The van der Waals surface area contributed by atoms with Crippen LogP contribution in [-0.4, -0.2) is 11.3 Å². The summed E-state index contributed by atoms with van der Waals surface area (Å²) in [7, 11) is 0. The molecule has 0 amide bonds. The Kier molecular flexibility index (Phi) is 2.17. The van der Waals surface area contributed by atoms with E-state index >= 15 is 0 Å². The first-order valence-corrected chi connectivity index (χ1v) is 3.58. The average molecular weight is 178 g/mol. The molecule has 1 N–H and O–H groups in total. The second-order valence-corrected chi connectivity index (χ2v) is 2.85. The Morgan fingerprint density at radius 1 is 1.33 bits per heavy atom. The van der Waals surface area contributed by atoms with Gasteiger partial charge in [-0.05, 0) is 19.4 Å². The standard InChI is InChI=1S/C8H9F3O/c1-5-2-3-7(12)6(4-5)8(9,10)11/h4,12H,2-3H2,1H3. The Hall–Kier alpha value is -0.930. The van der Waals surface area contributed by atoms with Gasteiger partial charge in [-0.3, -0.25) is 0 Å². The summed E-state index contributed by atoms with van der Waals surface area (Å²) in [6.45, 7) is 1.62. The molecule has 12 heavy (non-hydrogen) atoms. The molecule has 0 heterocycles. The molecule has 1 nitrogen and oxygen atoms in total. The van der Waals surface area contributed by atoms with Crippen molar-refractivity contribution in [3.8, 4) is 0 Å². The lowest BCUT2D eigenvalue weighted by atomic mass is 9.99. The van der Waals surface area contributed by atoms with Crippen molar-refractivity contribution in [3.63, 3.8) is 0 Å². The number of aliphatic hydroxyl groups is 1. The lowest BCUT2D eigenvalue weighted by Gasteiger charge is -2.16. The van der Waals surface area contributed by atoms with E-state index in [9.17, 15) is 13.2 Å². The van der Waals surface area contributed by atoms with Crippen molar-refractivity contribution in [1.82, 2.24) is 0 Å². The topological polar surface area (TPSA) is 20.2 Å². The monoisotopic (exact) mass is 178 g/mol. The maximum Gasteiger partial charge on any atom is 0.419 e. The molecule has 0 unspecified atom stereocenters. The van der Waals surface area contributed by atoms with Crippen molar-refractivity contribution in [3.05, 3.63) is 23.0 Å². The van der Waals surface area contributed by atoms with Gasteiger partial charge >= 0.3 is 6.18 Å². The predicted molar refractivity (Wildman–Crippen MR) is 38.7 cm³/mol. The quantitative estimate of drug-likeness (QED) is 0.604. The van der Waals surface area contributed by atoms with Crippen LogP contribution in [0.5, 0.6) is 0 Å². The Balaban J connectivity index is 3.02. The van der Waals surface area contributed by atoms with Gasteiger partial charge in [-0.2, -0.15) is 13.2 Å². The normalized spacial score (nSPS) is 19.5. The lowest BCUT2D eigenvalue weighted by molar-refractivity contribution is -0.0914. The average Bonchev–Trinajstić information content (AvgIpc) is 1.92. The highest BCUT2D eigenvalue weighted by Gasteiger charge is 2.36. The Morgan fingerprint density at radius 2 is 1.92 bits per heavy atom. The molecule has 0 aromatic carbocycles. The Labute approximate surface area is 68.2 Å². The van der Waals surface area contributed by atoms with Crippen molar-refractivity contribution >= 4 is 0 Å². The first-order chi connectivity index (χ1) is 5.41. The van der Waals surface area contributed by atoms with E-state index in [0.29, 0.717) is 12.0 Å².